The SMILES string of the molecule is FC(F)(F)Oc1ccc(C2CNCc3sccc32)cc1. The zero-order chi connectivity index (χ0) is 14.2. The first-order valence-corrected chi connectivity index (χ1v) is 7.03. The Labute approximate surface area is 118 Å². The van der Waals surface area contributed by atoms with Gasteiger partial charge in [-0.15, -0.1) is 24.5 Å². The van der Waals surface area contributed by atoms with Gasteiger partial charge < -0.3 is 10.1 Å². The van der Waals surface area contributed by atoms with Crippen LogP contribution in [0, 0.1) is 0 Å². The van der Waals surface area contributed by atoms with Gasteiger partial charge >= 0.3 is 6.36 Å². The highest BCUT2D eigenvalue weighted by atomic mass is 32.1. The van der Waals surface area contributed by atoms with Crippen LogP contribution in [0.3, 0.4) is 0 Å². The summed E-state index contributed by atoms with van der Waals surface area (Å²) < 4.78 is 40.2. The van der Waals surface area contributed by atoms with Gasteiger partial charge in [0, 0.05) is 23.9 Å². The van der Waals surface area contributed by atoms with Crippen molar-refractivity contribution in [3.63, 3.8) is 0 Å². The van der Waals surface area contributed by atoms with Crippen molar-refractivity contribution in [2.24, 2.45) is 0 Å². The zero-order valence-corrected chi connectivity index (χ0v) is 11.2. The molecule has 0 aliphatic carbocycles. The Morgan fingerprint density at radius 1 is 1.15 bits per heavy atom. The summed E-state index contributed by atoms with van der Waals surface area (Å²) in [6.45, 7) is 1.65. The van der Waals surface area contributed by atoms with E-state index in [1.165, 1.54) is 22.6 Å². The van der Waals surface area contributed by atoms with E-state index in [4.69, 9.17) is 0 Å². The quantitative estimate of drug-likeness (QED) is 0.908. The van der Waals surface area contributed by atoms with E-state index < -0.39 is 6.36 Å². The molecule has 1 aliphatic heterocycles. The van der Waals surface area contributed by atoms with Crippen molar-refractivity contribution in [1.29, 1.82) is 0 Å². The number of fused-ring (bicyclic) bond motifs is 1. The van der Waals surface area contributed by atoms with Crippen LogP contribution in [0.2, 0.25) is 0 Å². The van der Waals surface area contributed by atoms with E-state index in [0.717, 1.165) is 18.7 Å². The molecule has 1 N–H and O–H groups in total. The predicted octanol–water partition coefficient (Wildman–Crippen LogP) is 3.88. The van der Waals surface area contributed by atoms with Crippen LogP contribution in [0.1, 0.15) is 21.9 Å². The molecule has 1 unspecified atom stereocenters. The Morgan fingerprint density at radius 3 is 2.60 bits per heavy atom. The van der Waals surface area contributed by atoms with Crippen LogP contribution in [0.5, 0.6) is 5.75 Å². The highest BCUT2D eigenvalue weighted by Crippen LogP contribution is 2.34. The molecule has 20 heavy (non-hydrogen) atoms. The Bertz CT molecular complexity index is 591. The zero-order valence-electron chi connectivity index (χ0n) is 10.4. The molecule has 0 radical (unpaired) electrons. The van der Waals surface area contributed by atoms with Gasteiger partial charge in [0.25, 0.3) is 0 Å². The minimum absolute atomic E-state index is 0.185. The Morgan fingerprint density at radius 2 is 1.90 bits per heavy atom. The van der Waals surface area contributed by atoms with Crippen molar-refractivity contribution in [3.05, 3.63) is 51.7 Å². The molecule has 0 fully saturated rings. The van der Waals surface area contributed by atoms with Gasteiger partial charge in [-0.25, -0.2) is 0 Å². The lowest BCUT2D eigenvalue weighted by Crippen LogP contribution is -2.27. The van der Waals surface area contributed by atoms with Gasteiger partial charge in [-0.1, -0.05) is 12.1 Å². The fourth-order valence-corrected chi connectivity index (χ4v) is 3.35. The molecule has 0 saturated heterocycles. The molecule has 2 aromatic rings. The Kier molecular flexibility index (Phi) is 3.43. The number of halogens is 3. The second-order valence-corrected chi connectivity index (χ2v) is 5.60. The van der Waals surface area contributed by atoms with Crippen molar-refractivity contribution in [1.82, 2.24) is 5.32 Å². The molecule has 0 amide bonds. The van der Waals surface area contributed by atoms with Gasteiger partial charge in [-0.2, -0.15) is 0 Å². The van der Waals surface area contributed by atoms with Gasteiger partial charge in [-0.05, 0) is 34.7 Å². The maximum Gasteiger partial charge on any atom is 0.573 e. The van der Waals surface area contributed by atoms with Crippen LogP contribution < -0.4 is 10.1 Å². The molecule has 0 bridgehead atoms. The van der Waals surface area contributed by atoms with Gasteiger partial charge in [0.05, 0.1) is 0 Å². The molecular weight excluding hydrogens is 287 g/mol. The number of hydrogen-bond acceptors (Lipinski definition) is 3. The summed E-state index contributed by atoms with van der Waals surface area (Å²) in [6.07, 6.45) is -4.64. The van der Waals surface area contributed by atoms with Crippen LogP contribution in [0.25, 0.3) is 0 Å². The molecule has 1 aromatic heterocycles. The fourth-order valence-electron chi connectivity index (χ4n) is 2.44. The molecule has 1 aliphatic rings. The van der Waals surface area contributed by atoms with E-state index >= 15 is 0 Å². The highest BCUT2D eigenvalue weighted by molar-refractivity contribution is 7.10. The minimum Gasteiger partial charge on any atom is -0.406 e. The summed E-state index contributed by atoms with van der Waals surface area (Å²) in [5, 5.41) is 5.38. The predicted molar refractivity (Wildman–Crippen MR) is 71.0 cm³/mol. The third kappa shape index (κ3) is 2.81. The molecular formula is C14H12F3NOS. The Balaban J connectivity index is 1.83. The second-order valence-electron chi connectivity index (χ2n) is 4.60. The molecule has 1 aromatic carbocycles. The topological polar surface area (TPSA) is 21.3 Å². The highest BCUT2D eigenvalue weighted by Gasteiger charge is 2.31. The first kappa shape index (κ1) is 13.5. The number of alkyl halides is 3. The van der Waals surface area contributed by atoms with Crippen LogP contribution in [-0.4, -0.2) is 12.9 Å². The first-order valence-electron chi connectivity index (χ1n) is 6.15. The van der Waals surface area contributed by atoms with Crippen molar-refractivity contribution < 1.29 is 17.9 Å². The third-order valence-electron chi connectivity index (χ3n) is 3.31. The van der Waals surface area contributed by atoms with Gasteiger partial charge in [0.2, 0.25) is 0 Å². The molecule has 106 valence electrons. The number of thiophene rings is 1. The summed E-state index contributed by atoms with van der Waals surface area (Å²) in [6, 6.07) is 8.21. The first-order chi connectivity index (χ1) is 9.53. The Hall–Kier alpha value is -1.53. The monoisotopic (exact) mass is 299 g/mol. The summed E-state index contributed by atoms with van der Waals surface area (Å²) in [4.78, 5) is 1.29. The van der Waals surface area contributed by atoms with Gasteiger partial charge in [0.1, 0.15) is 5.75 Å². The molecule has 2 nitrogen and oxygen atoms in total. The lowest BCUT2D eigenvalue weighted by Gasteiger charge is -2.24. The molecule has 1 atom stereocenters. The lowest BCUT2D eigenvalue weighted by atomic mass is 9.89. The minimum atomic E-state index is -4.64. The molecule has 6 heteroatoms. The summed E-state index contributed by atoms with van der Waals surface area (Å²) in [7, 11) is 0. The molecule has 2 heterocycles. The fraction of sp³-hybridized carbons (Fsp3) is 0.286. The van der Waals surface area contributed by atoms with E-state index in [1.54, 1.807) is 23.5 Å². The van der Waals surface area contributed by atoms with Crippen LogP contribution in [-0.2, 0) is 6.54 Å². The standard InChI is InChI=1S/C14H12F3NOS/c15-14(16,17)19-10-3-1-9(2-4-10)12-7-18-8-13-11(12)5-6-20-13/h1-6,12,18H,7-8H2. The molecule has 0 spiro atoms. The van der Waals surface area contributed by atoms with Crippen molar-refractivity contribution in [2.75, 3.05) is 6.54 Å². The smallest absolute Gasteiger partial charge is 0.406 e. The maximum absolute atomic E-state index is 12.1. The normalized spacial score (nSPS) is 18.6. The van der Waals surface area contributed by atoms with Crippen LogP contribution >= 0.6 is 11.3 Å². The summed E-state index contributed by atoms with van der Waals surface area (Å²) in [5.74, 6) is 0.000461. The third-order valence-corrected chi connectivity index (χ3v) is 4.24. The van der Waals surface area contributed by atoms with E-state index in [-0.39, 0.29) is 11.7 Å². The average Bonchev–Trinajstić information content (AvgIpc) is 2.86. The van der Waals surface area contributed by atoms with Crippen LogP contribution in [0.15, 0.2) is 35.7 Å². The largest absolute Gasteiger partial charge is 0.573 e. The molecule has 3 rings (SSSR count). The summed E-state index contributed by atoms with van der Waals surface area (Å²) >= 11 is 1.70. The summed E-state index contributed by atoms with van der Waals surface area (Å²) in [5.41, 5.74) is 2.25. The van der Waals surface area contributed by atoms with E-state index in [9.17, 15) is 13.2 Å². The van der Waals surface area contributed by atoms with E-state index in [1.807, 2.05) is 5.38 Å². The van der Waals surface area contributed by atoms with E-state index in [0.29, 0.717) is 0 Å². The number of hydrogen-bond donors (Lipinski definition) is 1. The van der Waals surface area contributed by atoms with Crippen molar-refractivity contribution in [2.45, 2.75) is 18.8 Å². The van der Waals surface area contributed by atoms with Crippen molar-refractivity contribution in [3.8, 4) is 5.75 Å². The number of ether oxygens (including phenoxy) is 1. The lowest BCUT2D eigenvalue weighted by molar-refractivity contribution is -0.274. The van der Waals surface area contributed by atoms with Gasteiger partial charge in [0.15, 0.2) is 0 Å². The second kappa shape index (κ2) is 5.10. The van der Waals surface area contributed by atoms with Crippen LogP contribution in [0.4, 0.5) is 13.2 Å². The van der Waals surface area contributed by atoms with Gasteiger partial charge in [-0.3, -0.25) is 0 Å². The van der Waals surface area contributed by atoms with E-state index in [2.05, 4.69) is 16.1 Å². The number of nitrogens with one attached hydrogen (secondary N) is 1. The average molecular weight is 299 g/mol. The maximum atomic E-state index is 12.1. The number of rotatable bonds is 2. The number of benzene rings is 1. The van der Waals surface area contributed by atoms with Crippen molar-refractivity contribution >= 4 is 11.3 Å². The molecule has 0 saturated carbocycles.